The van der Waals surface area contributed by atoms with Crippen LogP contribution in [0.1, 0.15) is 11.3 Å². The molecule has 3 aromatic rings. The standard InChI is InChI=1S/C16H15NO/c1-12-9-14-10-15(18)7-8-16(14)17(12)11-13-5-3-2-4-6-13/h2-10,18H,11H2,1H3. The average Bonchev–Trinajstić information content (AvgIpc) is 2.66. The van der Waals surface area contributed by atoms with Crippen molar-refractivity contribution in [1.82, 2.24) is 4.57 Å². The molecule has 90 valence electrons. The maximum absolute atomic E-state index is 9.51. The van der Waals surface area contributed by atoms with Gasteiger partial charge < -0.3 is 9.67 Å². The van der Waals surface area contributed by atoms with Gasteiger partial charge in [-0.2, -0.15) is 0 Å². The van der Waals surface area contributed by atoms with Crippen molar-refractivity contribution in [2.45, 2.75) is 13.5 Å². The van der Waals surface area contributed by atoms with E-state index in [4.69, 9.17) is 0 Å². The van der Waals surface area contributed by atoms with Gasteiger partial charge in [-0.05, 0) is 36.8 Å². The second-order valence-corrected chi connectivity index (χ2v) is 4.60. The van der Waals surface area contributed by atoms with Crippen molar-refractivity contribution in [2.24, 2.45) is 0 Å². The van der Waals surface area contributed by atoms with Gasteiger partial charge in [-0.1, -0.05) is 30.3 Å². The Balaban J connectivity index is 2.09. The molecule has 0 radical (unpaired) electrons. The quantitative estimate of drug-likeness (QED) is 0.722. The van der Waals surface area contributed by atoms with Crippen LogP contribution in [-0.4, -0.2) is 9.67 Å². The number of phenolic OH excluding ortho intramolecular Hbond substituents is 1. The summed E-state index contributed by atoms with van der Waals surface area (Å²) in [6.45, 7) is 2.96. The summed E-state index contributed by atoms with van der Waals surface area (Å²) < 4.78 is 2.27. The first-order valence-electron chi connectivity index (χ1n) is 6.07. The van der Waals surface area contributed by atoms with E-state index >= 15 is 0 Å². The lowest BCUT2D eigenvalue weighted by Crippen LogP contribution is -2.00. The van der Waals surface area contributed by atoms with E-state index in [-0.39, 0.29) is 0 Å². The Morgan fingerprint density at radius 2 is 1.78 bits per heavy atom. The molecule has 18 heavy (non-hydrogen) atoms. The highest BCUT2D eigenvalue weighted by molar-refractivity contribution is 5.82. The van der Waals surface area contributed by atoms with Crippen LogP contribution in [0.4, 0.5) is 0 Å². The van der Waals surface area contributed by atoms with Gasteiger partial charge in [0.25, 0.3) is 0 Å². The fourth-order valence-electron chi connectivity index (χ4n) is 2.37. The fourth-order valence-corrected chi connectivity index (χ4v) is 2.37. The van der Waals surface area contributed by atoms with Crippen molar-refractivity contribution in [3.8, 4) is 5.75 Å². The lowest BCUT2D eigenvalue weighted by Gasteiger charge is -2.08. The first-order chi connectivity index (χ1) is 8.74. The van der Waals surface area contributed by atoms with E-state index in [2.05, 4.69) is 41.8 Å². The van der Waals surface area contributed by atoms with Crippen molar-refractivity contribution in [3.05, 3.63) is 65.9 Å². The third-order valence-corrected chi connectivity index (χ3v) is 3.28. The molecule has 0 aliphatic heterocycles. The minimum absolute atomic E-state index is 0.319. The number of aromatic nitrogens is 1. The summed E-state index contributed by atoms with van der Waals surface area (Å²) in [5.74, 6) is 0.319. The number of hydrogen-bond donors (Lipinski definition) is 1. The number of aromatic hydroxyl groups is 1. The maximum Gasteiger partial charge on any atom is 0.116 e. The molecule has 2 aromatic carbocycles. The minimum atomic E-state index is 0.319. The van der Waals surface area contributed by atoms with Crippen LogP contribution in [0.5, 0.6) is 5.75 Å². The van der Waals surface area contributed by atoms with Gasteiger partial charge in [-0.15, -0.1) is 0 Å². The monoisotopic (exact) mass is 237 g/mol. The number of phenols is 1. The molecule has 0 saturated heterocycles. The van der Waals surface area contributed by atoms with Gasteiger partial charge in [0, 0.05) is 23.1 Å². The average molecular weight is 237 g/mol. The summed E-state index contributed by atoms with van der Waals surface area (Å²) in [6.07, 6.45) is 0. The Hall–Kier alpha value is -2.22. The van der Waals surface area contributed by atoms with Gasteiger partial charge in [0.1, 0.15) is 5.75 Å². The number of aryl methyl sites for hydroxylation is 1. The highest BCUT2D eigenvalue weighted by Gasteiger charge is 2.06. The van der Waals surface area contributed by atoms with Crippen molar-refractivity contribution < 1.29 is 5.11 Å². The Morgan fingerprint density at radius 3 is 2.56 bits per heavy atom. The molecule has 0 amide bonds. The van der Waals surface area contributed by atoms with E-state index in [9.17, 15) is 5.11 Å². The predicted octanol–water partition coefficient (Wildman–Crippen LogP) is 3.70. The van der Waals surface area contributed by atoms with Gasteiger partial charge in [-0.25, -0.2) is 0 Å². The summed E-state index contributed by atoms with van der Waals surface area (Å²) in [7, 11) is 0. The molecule has 0 bridgehead atoms. The molecular formula is C16H15NO. The molecule has 2 heteroatoms. The first-order valence-corrected chi connectivity index (χ1v) is 6.07. The fraction of sp³-hybridized carbons (Fsp3) is 0.125. The van der Waals surface area contributed by atoms with Crippen LogP contribution >= 0.6 is 0 Å². The minimum Gasteiger partial charge on any atom is -0.508 e. The molecule has 0 fully saturated rings. The van der Waals surface area contributed by atoms with E-state index in [1.807, 2.05) is 18.2 Å². The molecule has 0 saturated carbocycles. The molecule has 1 aromatic heterocycles. The molecular weight excluding hydrogens is 222 g/mol. The lowest BCUT2D eigenvalue weighted by atomic mass is 10.2. The normalized spacial score (nSPS) is 10.9. The molecule has 0 unspecified atom stereocenters. The topological polar surface area (TPSA) is 25.2 Å². The van der Waals surface area contributed by atoms with E-state index in [1.165, 1.54) is 11.3 Å². The number of hydrogen-bond acceptors (Lipinski definition) is 1. The van der Waals surface area contributed by atoms with Crippen LogP contribution in [0.15, 0.2) is 54.6 Å². The number of nitrogens with zero attached hydrogens (tertiary/aromatic N) is 1. The van der Waals surface area contributed by atoms with Gasteiger partial charge in [-0.3, -0.25) is 0 Å². The van der Waals surface area contributed by atoms with Gasteiger partial charge in [0.15, 0.2) is 0 Å². The number of fused-ring (bicyclic) bond motifs is 1. The molecule has 0 aliphatic rings. The predicted molar refractivity (Wildman–Crippen MR) is 73.9 cm³/mol. The third kappa shape index (κ3) is 1.86. The van der Waals surface area contributed by atoms with E-state index in [1.54, 1.807) is 6.07 Å². The Kier molecular flexibility index (Phi) is 2.56. The summed E-state index contributed by atoms with van der Waals surface area (Å²) in [6, 6.07) is 18.0. The van der Waals surface area contributed by atoms with Crippen molar-refractivity contribution >= 4 is 10.9 Å². The molecule has 1 heterocycles. The largest absolute Gasteiger partial charge is 0.508 e. The number of rotatable bonds is 2. The van der Waals surface area contributed by atoms with E-state index < -0.39 is 0 Å². The molecule has 0 spiro atoms. The van der Waals surface area contributed by atoms with Crippen molar-refractivity contribution in [3.63, 3.8) is 0 Å². The second kappa shape index (κ2) is 4.22. The van der Waals surface area contributed by atoms with Crippen LogP contribution < -0.4 is 0 Å². The SMILES string of the molecule is Cc1cc2cc(O)ccc2n1Cc1ccccc1. The maximum atomic E-state index is 9.51. The van der Waals surface area contributed by atoms with Crippen LogP contribution in [0.2, 0.25) is 0 Å². The molecule has 2 nitrogen and oxygen atoms in total. The summed E-state index contributed by atoms with van der Waals surface area (Å²) in [5, 5.41) is 10.6. The Morgan fingerprint density at radius 1 is 1.00 bits per heavy atom. The van der Waals surface area contributed by atoms with Crippen molar-refractivity contribution in [2.75, 3.05) is 0 Å². The van der Waals surface area contributed by atoms with Crippen LogP contribution in [0.25, 0.3) is 10.9 Å². The van der Waals surface area contributed by atoms with Gasteiger partial charge in [0.2, 0.25) is 0 Å². The smallest absolute Gasteiger partial charge is 0.116 e. The zero-order chi connectivity index (χ0) is 12.5. The lowest BCUT2D eigenvalue weighted by molar-refractivity contribution is 0.476. The van der Waals surface area contributed by atoms with E-state index in [0.717, 1.165) is 17.4 Å². The summed E-state index contributed by atoms with van der Waals surface area (Å²) >= 11 is 0. The molecule has 0 aliphatic carbocycles. The Bertz CT molecular complexity index is 683. The number of benzene rings is 2. The van der Waals surface area contributed by atoms with E-state index in [0.29, 0.717) is 5.75 Å². The summed E-state index contributed by atoms with van der Waals surface area (Å²) in [4.78, 5) is 0. The second-order valence-electron chi connectivity index (χ2n) is 4.60. The highest BCUT2D eigenvalue weighted by atomic mass is 16.3. The zero-order valence-electron chi connectivity index (χ0n) is 10.3. The molecule has 1 N–H and O–H groups in total. The summed E-state index contributed by atoms with van der Waals surface area (Å²) in [5.41, 5.74) is 3.65. The van der Waals surface area contributed by atoms with Crippen LogP contribution in [-0.2, 0) is 6.54 Å². The molecule has 3 rings (SSSR count). The van der Waals surface area contributed by atoms with Crippen molar-refractivity contribution in [1.29, 1.82) is 0 Å². The van der Waals surface area contributed by atoms with Gasteiger partial charge in [0.05, 0.1) is 0 Å². The van der Waals surface area contributed by atoms with Crippen LogP contribution in [0.3, 0.4) is 0 Å². The molecule has 0 atom stereocenters. The van der Waals surface area contributed by atoms with Gasteiger partial charge >= 0.3 is 0 Å². The third-order valence-electron chi connectivity index (χ3n) is 3.28. The Labute approximate surface area is 106 Å². The zero-order valence-corrected chi connectivity index (χ0v) is 10.3. The van der Waals surface area contributed by atoms with Crippen LogP contribution in [0, 0.1) is 6.92 Å². The highest BCUT2D eigenvalue weighted by Crippen LogP contribution is 2.24. The first kappa shape index (κ1) is 10.9.